The Morgan fingerprint density at radius 2 is 1.62 bits per heavy atom. The summed E-state index contributed by atoms with van der Waals surface area (Å²) in [6.07, 6.45) is 6.96. The minimum absolute atomic E-state index is 0.000507. The summed E-state index contributed by atoms with van der Waals surface area (Å²) in [5.41, 5.74) is 4.16. The molecular formula is C31H39NO5. The van der Waals surface area contributed by atoms with Crippen molar-refractivity contribution in [1.29, 1.82) is 5.26 Å². The highest BCUT2D eigenvalue weighted by atomic mass is 16.7. The zero-order valence-corrected chi connectivity index (χ0v) is 22.1. The molecule has 2 heterocycles. The molecule has 6 aliphatic rings. The first kappa shape index (κ1) is 24.3. The second-order valence-corrected chi connectivity index (χ2v) is 12.8. The Morgan fingerprint density at radius 1 is 0.919 bits per heavy atom. The van der Waals surface area contributed by atoms with Gasteiger partial charge in [-0.2, -0.15) is 5.26 Å². The lowest BCUT2D eigenvalue weighted by atomic mass is 9.50. The van der Waals surface area contributed by atoms with E-state index < -0.39 is 17.2 Å². The van der Waals surface area contributed by atoms with Crippen LogP contribution in [-0.2, 0) is 24.7 Å². The molecule has 0 amide bonds. The van der Waals surface area contributed by atoms with Gasteiger partial charge >= 0.3 is 0 Å². The predicted octanol–water partition coefficient (Wildman–Crippen LogP) is 5.31. The van der Waals surface area contributed by atoms with Crippen LogP contribution in [0.4, 0.5) is 0 Å². The maximum absolute atomic E-state index is 12.1. The summed E-state index contributed by atoms with van der Waals surface area (Å²) in [7, 11) is 0. The van der Waals surface area contributed by atoms with Crippen molar-refractivity contribution < 1.29 is 24.1 Å². The summed E-state index contributed by atoms with van der Waals surface area (Å²) in [4.78, 5) is 0. The summed E-state index contributed by atoms with van der Waals surface area (Å²) in [6, 6.07) is 11.5. The van der Waals surface area contributed by atoms with Crippen molar-refractivity contribution in [2.24, 2.45) is 23.2 Å². The van der Waals surface area contributed by atoms with E-state index in [1.807, 2.05) is 6.92 Å². The molecule has 0 aromatic heterocycles. The number of hydrogen-bond donors (Lipinski definition) is 1. The van der Waals surface area contributed by atoms with Gasteiger partial charge in [0.2, 0.25) is 0 Å². The Morgan fingerprint density at radius 3 is 2.32 bits per heavy atom. The Labute approximate surface area is 219 Å². The van der Waals surface area contributed by atoms with Crippen LogP contribution < -0.4 is 0 Å². The van der Waals surface area contributed by atoms with Crippen LogP contribution in [0, 0.1) is 34.5 Å². The van der Waals surface area contributed by atoms with Crippen molar-refractivity contribution in [2.75, 3.05) is 26.4 Å². The second-order valence-electron chi connectivity index (χ2n) is 12.8. The van der Waals surface area contributed by atoms with Crippen molar-refractivity contribution in [1.82, 2.24) is 0 Å². The van der Waals surface area contributed by atoms with E-state index in [0.717, 1.165) is 50.5 Å². The SMILES string of the molecule is CC1(c2ccc([C@H]3C[C@]4(C)C(C#N)CC[C@H]4[C@@H]4CC[C@@]5(O)CC6(CCC5=C43)OCCO6)cc2)OCCO1. The Hall–Kier alpha value is -1.75. The molecule has 2 saturated heterocycles. The number of fused-ring (bicyclic) bond motifs is 4. The van der Waals surface area contributed by atoms with Gasteiger partial charge in [0.25, 0.3) is 0 Å². The van der Waals surface area contributed by atoms with Gasteiger partial charge in [-0.3, -0.25) is 0 Å². The number of ether oxygens (including phenoxy) is 4. The molecule has 4 aliphatic carbocycles. The van der Waals surface area contributed by atoms with Crippen LogP contribution in [0.25, 0.3) is 0 Å². The van der Waals surface area contributed by atoms with E-state index in [0.29, 0.717) is 44.7 Å². The van der Waals surface area contributed by atoms with Gasteiger partial charge in [0.15, 0.2) is 11.6 Å². The maximum atomic E-state index is 12.1. The summed E-state index contributed by atoms with van der Waals surface area (Å²) in [5.74, 6) is -0.0745. The van der Waals surface area contributed by atoms with E-state index in [1.54, 1.807) is 0 Å². The molecular weight excluding hydrogens is 466 g/mol. The number of rotatable bonds is 2. The minimum Gasteiger partial charge on any atom is -0.385 e. The number of nitriles is 1. The molecule has 0 bridgehead atoms. The lowest BCUT2D eigenvalue weighted by molar-refractivity contribution is -0.208. The van der Waals surface area contributed by atoms with Crippen LogP contribution in [0.5, 0.6) is 0 Å². The van der Waals surface area contributed by atoms with Crippen LogP contribution in [0.15, 0.2) is 35.4 Å². The van der Waals surface area contributed by atoms with Gasteiger partial charge < -0.3 is 24.1 Å². The largest absolute Gasteiger partial charge is 0.385 e. The molecule has 1 aromatic rings. The summed E-state index contributed by atoms with van der Waals surface area (Å²) in [5, 5.41) is 22.2. The smallest absolute Gasteiger partial charge is 0.192 e. The van der Waals surface area contributed by atoms with Crippen molar-refractivity contribution in [2.45, 2.75) is 88.3 Å². The number of allylic oxidation sites excluding steroid dienone is 1. The highest BCUT2D eigenvalue weighted by Gasteiger charge is 2.60. The molecule has 6 atom stereocenters. The number of nitrogens with zero attached hydrogens (tertiary/aromatic N) is 1. The second kappa shape index (κ2) is 8.37. The van der Waals surface area contributed by atoms with E-state index in [1.165, 1.54) is 16.7 Å². The third-order valence-electron chi connectivity index (χ3n) is 11.1. The molecule has 198 valence electrons. The first-order valence-corrected chi connectivity index (χ1v) is 14.3. The van der Waals surface area contributed by atoms with E-state index in [4.69, 9.17) is 18.9 Å². The maximum Gasteiger partial charge on any atom is 0.192 e. The van der Waals surface area contributed by atoms with Crippen LogP contribution in [0.1, 0.15) is 82.3 Å². The van der Waals surface area contributed by atoms with Crippen molar-refractivity contribution >= 4 is 0 Å². The molecule has 0 radical (unpaired) electrons. The Kier molecular flexibility index (Phi) is 5.50. The zero-order chi connectivity index (χ0) is 25.5. The van der Waals surface area contributed by atoms with Crippen molar-refractivity contribution in [3.05, 3.63) is 46.5 Å². The van der Waals surface area contributed by atoms with E-state index in [9.17, 15) is 10.4 Å². The molecule has 6 nitrogen and oxygen atoms in total. The molecule has 3 saturated carbocycles. The Bertz CT molecular complexity index is 1140. The van der Waals surface area contributed by atoms with Gasteiger partial charge in [0.1, 0.15) is 0 Å². The molecule has 1 aromatic carbocycles. The first-order chi connectivity index (χ1) is 17.8. The number of aliphatic hydroxyl groups is 1. The summed E-state index contributed by atoms with van der Waals surface area (Å²) >= 11 is 0. The fraction of sp³-hybridized carbons (Fsp3) is 0.710. The third-order valence-corrected chi connectivity index (χ3v) is 11.1. The summed E-state index contributed by atoms with van der Waals surface area (Å²) in [6.45, 7) is 6.82. The molecule has 6 heteroatoms. The van der Waals surface area contributed by atoms with Crippen LogP contribution in [-0.4, -0.2) is 42.9 Å². The molecule has 37 heavy (non-hydrogen) atoms. The standard InChI is InChI=1S/C31H39NO5/c1-28-17-24(20-3-5-21(6-4-20)29(2)34-13-14-35-29)27-23(25(28)8-7-22(28)18-32)9-11-30(33)19-31(12-10-26(27)30)36-15-16-37-31/h3-6,22-25,33H,7-17,19H2,1-2H3/t22?,23-,24+,25-,28+,30+/m0/s1. The van der Waals surface area contributed by atoms with Gasteiger partial charge in [0.05, 0.1) is 44.0 Å². The first-order valence-electron chi connectivity index (χ1n) is 14.3. The van der Waals surface area contributed by atoms with Crippen LogP contribution in [0.2, 0.25) is 0 Å². The average Bonchev–Trinajstić information content (AvgIpc) is 3.62. The van der Waals surface area contributed by atoms with Gasteiger partial charge in [-0.25, -0.2) is 0 Å². The topological polar surface area (TPSA) is 80.9 Å². The Balaban J connectivity index is 1.31. The number of hydrogen-bond acceptors (Lipinski definition) is 6. The molecule has 1 unspecified atom stereocenters. The van der Waals surface area contributed by atoms with Gasteiger partial charge in [-0.1, -0.05) is 36.8 Å². The van der Waals surface area contributed by atoms with Crippen molar-refractivity contribution in [3.63, 3.8) is 0 Å². The predicted molar refractivity (Wildman–Crippen MR) is 136 cm³/mol. The molecule has 1 N–H and O–H groups in total. The van der Waals surface area contributed by atoms with Gasteiger partial charge in [-0.15, -0.1) is 0 Å². The lowest BCUT2D eigenvalue weighted by Crippen LogP contribution is -2.53. The van der Waals surface area contributed by atoms with Crippen LogP contribution in [0.3, 0.4) is 0 Å². The average molecular weight is 506 g/mol. The lowest BCUT2D eigenvalue weighted by Gasteiger charge is -2.56. The van der Waals surface area contributed by atoms with E-state index in [2.05, 4.69) is 37.3 Å². The van der Waals surface area contributed by atoms with Crippen molar-refractivity contribution in [3.8, 4) is 6.07 Å². The summed E-state index contributed by atoms with van der Waals surface area (Å²) < 4.78 is 23.9. The minimum atomic E-state index is -0.868. The van der Waals surface area contributed by atoms with E-state index >= 15 is 0 Å². The molecule has 5 fully saturated rings. The van der Waals surface area contributed by atoms with E-state index in [-0.39, 0.29) is 17.3 Å². The molecule has 2 aliphatic heterocycles. The quantitative estimate of drug-likeness (QED) is 0.549. The zero-order valence-electron chi connectivity index (χ0n) is 22.1. The van der Waals surface area contributed by atoms with Gasteiger partial charge in [-0.05, 0) is 73.8 Å². The normalized spacial score (nSPS) is 41.8. The molecule has 1 spiro atoms. The fourth-order valence-corrected chi connectivity index (χ4v) is 9.22. The third kappa shape index (κ3) is 3.54. The molecule has 7 rings (SSSR count). The fourth-order valence-electron chi connectivity index (χ4n) is 9.22. The van der Waals surface area contributed by atoms with Gasteiger partial charge in [0, 0.05) is 24.3 Å². The highest BCUT2D eigenvalue weighted by Crippen LogP contribution is 2.66. The monoisotopic (exact) mass is 505 g/mol. The number of benzene rings is 1. The highest BCUT2D eigenvalue weighted by molar-refractivity contribution is 5.44. The van der Waals surface area contributed by atoms with Crippen LogP contribution >= 0.6 is 0 Å².